The highest BCUT2D eigenvalue weighted by Gasteiger charge is 2.39. The Labute approximate surface area is 217 Å². The summed E-state index contributed by atoms with van der Waals surface area (Å²) in [6.07, 6.45) is 7.86. The number of fused-ring (bicyclic) bond motifs is 1. The van der Waals surface area contributed by atoms with E-state index in [0.29, 0.717) is 42.8 Å². The minimum atomic E-state index is 0.158. The van der Waals surface area contributed by atoms with Gasteiger partial charge in [-0.1, -0.05) is 38.1 Å². The number of nitrogens with zero attached hydrogens (tertiary/aromatic N) is 6. The van der Waals surface area contributed by atoms with Crippen molar-refractivity contribution in [2.45, 2.75) is 57.4 Å². The number of benzene rings is 1. The van der Waals surface area contributed by atoms with Crippen molar-refractivity contribution in [2.75, 3.05) is 24.5 Å². The summed E-state index contributed by atoms with van der Waals surface area (Å²) >= 11 is 0. The molecule has 6 rings (SSSR count). The van der Waals surface area contributed by atoms with E-state index in [1.54, 1.807) is 6.08 Å². The third-order valence-electron chi connectivity index (χ3n) is 7.79. The van der Waals surface area contributed by atoms with E-state index >= 15 is 0 Å². The van der Waals surface area contributed by atoms with Crippen molar-refractivity contribution in [3.05, 3.63) is 54.0 Å². The van der Waals surface area contributed by atoms with E-state index in [1.807, 2.05) is 30.3 Å². The maximum Gasteiger partial charge on any atom is 0.226 e. The van der Waals surface area contributed by atoms with Gasteiger partial charge in [-0.2, -0.15) is 5.26 Å². The zero-order chi connectivity index (χ0) is 25.5. The fourth-order valence-corrected chi connectivity index (χ4v) is 5.57. The molecule has 2 aliphatic carbocycles. The highest BCUT2D eigenvalue weighted by Crippen LogP contribution is 2.45. The number of carbonyl (C=O) groups is 1. The van der Waals surface area contributed by atoms with Crippen molar-refractivity contribution in [1.82, 2.24) is 19.9 Å². The number of hydrogen-bond acceptors (Lipinski definition) is 6. The Morgan fingerprint density at radius 1 is 1.16 bits per heavy atom. The molecule has 3 aliphatic rings. The number of rotatable bonds is 7. The highest BCUT2D eigenvalue weighted by atomic mass is 16.2. The summed E-state index contributed by atoms with van der Waals surface area (Å²) in [6.45, 7) is 8.15. The third kappa shape index (κ3) is 4.46. The lowest BCUT2D eigenvalue weighted by Gasteiger charge is -2.42. The van der Waals surface area contributed by atoms with Gasteiger partial charge in [-0.3, -0.25) is 4.79 Å². The van der Waals surface area contributed by atoms with Crippen LogP contribution in [0.2, 0.25) is 0 Å². The van der Waals surface area contributed by atoms with Crippen LogP contribution in [-0.2, 0) is 4.79 Å². The Balaban J connectivity index is 1.42. The van der Waals surface area contributed by atoms with Gasteiger partial charge in [0.1, 0.15) is 11.9 Å². The molecule has 0 unspecified atom stereocenters. The number of hydrogen-bond donors (Lipinski definition) is 0. The van der Waals surface area contributed by atoms with Crippen LogP contribution in [0.4, 0.5) is 5.82 Å². The minimum Gasteiger partial charge on any atom is -0.352 e. The summed E-state index contributed by atoms with van der Waals surface area (Å²) in [5.74, 6) is 2.22. The van der Waals surface area contributed by atoms with Crippen LogP contribution in [0, 0.1) is 17.2 Å². The predicted octanol–water partition coefficient (Wildman–Crippen LogP) is 5.31. The molecule has 1 atom stereocenters. The molecule has 1 saturated heterocycles. The molecule has 2 saturated carbocycles. The molecule has 2 aromatic heterocycles. The van der Waals surface area contributed by atoms with E-state index in [0.717, 1.165) is 72.2 Å². The lowest BCUT2D eigenvalue weighted by Crippen LogP contribution is -2.56. The minimum absolute atomic E-state index is 0.158. The Morgan fingerprint density at radius 3 is 2.68 bits per heavy atom. The molecule has 37 heavy (non-hydrogen) atoms. The summed E-state index contributed by atoms with van der Waals surface area (Å²) in [5, 5.41) is 11.2. The second-order valence-electron chi connectivity index (χ2n) is 10.5. The molecule has 1 aromatic carbocycles. The summed E-state index contributed by atoms with van der Waals surface area (Å²) in [4.78, 5) is 31.9. The molecule has 7 nitrogen and oxygen atoms in total. The quantitative estimate of drug-likeness (QED) is 0.444. The Bertz CT molecular complexity index is 1420. The maximum atomic E-state index is 12.9. The lowest BCUT2D eigenvalue weighted by molar-refractivity contribution is -0.135. The zero-order valence-corrected chi connectivity index (χ0v) is 21.4. The van der Waals surface area contributed by atoms with Gasteiger partial charge in [0.15, 0.2) is 5.82 Å². The summed E-state index contributed by atoms with van der Waals surface area (Å²) in [6, 6.07) is 12.5. The average molecular weight is 493 g/mol. The fourth-order valence-electron chi connectivity index (χ4n) is 5.57. The number of anilines is 1. The van der Waals surface area contributed by atoms with Crippen LogP contribution in [-0.4, -0.2) is 51.4 Å². The number of amides is 1. The third-order valence-corrected chi connectivity index (χ3v) is 7.79. The summed E-state index contributed by atoms with van der Waals surface area (Å²) < 4.78 is 0. The molecular weight excluding hydrogens is 460 g/mol. The monoisotopic (exact) mass is 492 g/mol. The Morgan fingerprint density at radius 2 is 1.97 bits per heavy atom. The molecule has 7 heteroatoms. The molecule has 3 aromatic rings. The molecule has 188 valence electrons. The van der Waals surface area contributed by atoms with Crippen molar-refractivity contribution in [1.29, 1.82) is 5.26 Å². The van der Waals surface area contributed by atoms with Gasteiger partial charge in [0.2, 0.25) is 5.91 Å². The second kappa shape index (κ2) is 9.59. The standard InChI is InChI=1S/C30H32N6O/c1-3-7-22-18-35(14-15-36(22)30(37)20-12-13-20)29-21(17-31)16-24(27(34-29)19-10-11-19)28-23-8-5-6-9-25(23)32-26(4-2)33-28/h4-6,8-9,16,19-20,22H,2-3,7,10-15,18H2,1H3/t22-/m1/s1. The van der Waals surface area contributed by atoms with E-state index in [-0.39, 0.29) is 12.0 Å². The summed E-state index contributed by atoms with van der Waals surface area (Å²) in [7, 11) is 0. The second-order valence-corrected chi connectivity index (χ2v) is 10.5. The molecule has 0 N–H and O–H groups in total. The van der Waals surface area contributed by atoms with Crippen molar-refractivity contribution < 1.29 is 4.79 Å². The zero-order valence-electron chi connectivity index (χ0n) is 21.4. The molecule has 1 aliphatic heterocycles. The van der Waals surface area contributed by atoms with Crippen molar-refractivity contribution >= 4 is 28.7 Å². The first kappa shape index (κ1) is 23.6. The Hall–Kier alpha value is -3.79. The van der Waals surface area contributed by atoms with Crippen molar-refractivity contribution in [3.63, 3.8) is 0 Å². The normalized spacial score (nSPS) is 19.6. The van der Waals surface area contributed by atoms with Crippen LogP contribution in [0.25, 0.3) is 28.2 Å². The molecule has 1 amide bonds. The van der Waals surface area contributed by atoms with Gasteiger partial charge >= 0.3 is 0 Å². The topological polar surface area (TPSA) is 86.0 Å². The van der Waals surface area contributed by atoms with Crippen molar-refractivity contribution in [3.8, 4) is 17.3 Å². The molecule has 3 heterocycles. The number of aromatic nitrogens is 3. The lowest BCUT2D eigenvalue weighted by atomic mass is 9.99. The largest absolute Gasteiger partial charge is 0.352 e. The van der Waals surface area contributed by atoms with Crippen LogP contribution in [0.1, 0.15) is 68.4 Å². The number of carbonyl (C=O) groups excluding carboxylic acids is 1. The highest BCUT2D eigenvalue weighted by molar-refractivity contribution is 5.94. The molecule has 0 spiro atoms. The van der Waals surface area contributed by atoms with Gasteiger partial charge < -0.3 is 9.80 Å². The molecule has 0 bridgehead atoms. The van der Waals surface area contributed by atoms with E-state index in [9.17, 15) is 10.1 Å². The van der Waals surface area contributed by atoms with Crippen LogP contribution >= 0.6 is 0 Å². The smallest absolute Gasteiger partial charge is 0.226 e. The predicted molar refractivity (Wildman–Crippen MR) is 145 cm³/mol. The Kier molecular flexibility index (Phi) is 6.11. The van der Waals surface area contributed by atoms with Crippen molar-refractivity contribution in [2.24, 2.45) is 5.92 Å². The molecular formula is C30H32N6O. The van der Waals surface area contributed by atoms with E-state index < -0.39 is 0 Å². The van der Waals surface area contributed by atoms with Crippen LogP contribution in [0.5, 0.6) is 0 Å². The molecule has 0 radical (unpaired) electrons. The summed E-state index contributed by atoms with van der Waals surface area (Å²) in [5.41, 5.74) is 4.14. The average Bonchev–Trinajstić information content (AvgIpc) is 3.85. The van der Waals surface area contributed by atoms with Gasteiger partial charge in [0, 0.05) is 48.5 Å². The first-order valence-electron chi connectivity index (χ1n) is 13.5. The van der Waals surface area contributed by atoms with Crippen LogP contribution in [0.15, 0.2) is 36.9 Å². The number of nitriles is 1. The van der Waals surface area contributed by atoms with Gasteiger partial charge in [0.25, 0.3) is 0 Å². The van der Waals surface area contributed by atoms with Crippen LogP contribution in [0.3, 0.4) is 0 Å². The SMILES string of the molecule is C=Cc1nc(-c2cc(C#N)c(N3CCN(C(=O)C4CC4)[C@H](CCC)C3)nc2C2CC2)c2ccccc2n1. The van der Waals surface area contributed by atoms with Gasteiger partial charge in [-0.25, -0.2) is 15.0 Å². The van der Waals surface area contributed by atoms with Gasteiger partial charge in [0.05, 0.1) is 22.5 Å². The number of pyridine rings is 1. The van der Waals surface area contributed by atoms with Gasteiger partial charge in [-0.05, 0) is 50.3 Å². The van der Waals surface area contributed by atoms with E-state index in [2.05, 4.69) is 34.4 Å². The fraction of sp³-hybridized carbons (Fsp3) is 0.433. The number of para-hydroxylation sites is 1. The first-order valence-corrected chi connectivity index (χ1v) is 13.5. The molecule has 3 fully saturated rings. The van der Waals surface area contributed by atoms with E-state index in [4.69, 9.17) is 9.97 Å². The first-order chi connectivity index (χ1) is 18.1. The van der Waals surface area contributed by atoms with Gasteiger partial charge in [-0.15, -0.1) is 0 Å². The number of piperazine rings is 1. The maximum absolute atomic E-state index is 12.9. The van der Waals surface area contributed by atoms with E-state index in [1.165, 1.54) is 0 Å². The van der Waals surface area contributed by atoms with Crippen LogP contribution < -0.4 is 4.90 Å².